The van der Waals surface area contributed by atoms with E-state index in [0.29, 0.717) is 0 Å². The van der Waals surface area contributed by atoms with Crippen molar-refractivity contribution in [2.75, 3.05) is 6.61 Å². The van der Waals surface area contributed by atoms with Crippen LogP contribution in [0.1, 0.15) is 1.43 Å². The van der Waals surface area contributed by atoms with Gasteiger partial charge in [-0.3, -0.25) is 0 Å². The van der Waals surface area contributed by atoms with Crippen LogP contribution in [0.15, 0.2) is 0 Å². The lowest BCUT2D eigenvalue weighted by atomic mass is 9.98. The first-order valence-corrected chi connectivity index (χ1v) is 3.64. The minimum atomic E-state index is -1.35. The molecule has 5 atom stereocenters. The molecule has 1 aliphatic heterocycles. The van der Waals surface area contributed by atoms with Gasteiger partial charge in [-0.05, 0) is 0 Å². The molecule has 1 aliphatic rings. The third-order valence-corrected chi connectivity index (χ3v) is 1.95. The first kappa shape index (κ1) is 13.1. The molecule has 6 nitrogen and oxygen atoms in total. The first-order chi connectivity index (χ1) is 5.57. The van der Waals surface area contributed by atoms with E-state index in [4.69, 9.17) is 20.7 Å². The summed E-state index contributed by atoms with van der Waals surface area (Å²) in [5.74, 6) is 0. The maximum absolute atomic E-state index is 9.20. The van der Waals surface area contributed by atoms with Gasteiger partial charge in [0, 0.05) is 0 Å². The molecular formula is C6H14ClNO5. The monoisotopic (exact) mass is 215 g/mol. The van der Waals surface area contributed by atoms with E-state index in [1.807, 2.05) is 0 Å². The molecule has 1 rings (SSSR count). The lowest BCUT2D eigenvalue weighted by Gasteiger charge is -2.38. The highest BCUT2D eigenvalue weighted by atomic mass is 35.5. The average molecular weight is 216 g/mol. The Labute approximate surface area is 82.8 Å². The zero-order valence-corrected chi connectivity index (χ0v) is 7.50. The topological polar surface area (TPSA) is 116 Å². The van der Waals surface area contributed by atoms with Crippen molar-refractivity contribution in [2.24, 2.45) is 5.73 Å². The zero-order chi connectivity index (χ0) is 9.30. The Bertz CT molecular complexity index is 160. The highest BCUT2D eigenvalue weighted by molar-refractivity contribution is 4.90. The van der Waals surface area contributed by atoms with E-state index in [-0.39, 0.29) is 13.8 Å². The van der Waals surface area contributed by atoms with E-state index in [1.165, 1.54) is 0 Å². The lowest BCUT2D eigenvalue weighted by molar-refractivity contribution is -0.248. The normalized spacial score (nSPS) is 45.5. The number of nitrogens with two attached hydrogens (primary N) is 1. The van der Waals surface area contributed by atoms with E-state index in [0.717, 1.165) is 0 Å². The van der Waals surface area contributed by atoms with Gasteiger partial charge in [-0.15, -0.1) is 0 Å². The summed E-state index contributed by atoms with van der Waals surface area (Å²) in [5, 5.41) is 36.1. The van der Waals surface area contributed by atoms with Crippen LogP contribution in [0.5, 0.6) is 0 Å². The average Bonchev–Trinajstić information content (AvgIpc) is 2.08. The predicted octanol–water partition coefficient (Wildman–Crippen LogP) is -6.14. The fourth-order valence-electron chi connectivity index (χ4n) is 1.12. The van der Waals surface area contributed by atoms with Crippen molar-refractivity contribution in [3.8, 4) is 0 Å². The van der Waals surface area contributed by atoms with Crippen molar-refractivity contribution in [3.63, 3.8) is 0 Å². The molecule has 0 bridgehead atoms. The van der Waals surface area contributed by atoms with Crippen LogP contribution in [0.2, 0.25) is 0 Å². The van der Waals surface area contributed by atoms with Crippen LogP contribution in [0.25, 0.3) is 0 Å². The van der Waals surface area contributed by atoms with Crippen molar-refractivity contribution >= 4 is 0 Å². The first-order valence-electron chi connectivity index (χ1n) is 3.64. The third kappa shape index (κ3) is 2.50. The second-order valence-electron chi connectivity index (χ2n) is 2.81. The van der Waals surface area contributed by atoms with Gasteiger partial charge in [-0.25, -0.2) is 0 Å². The van der Waals surface area contributed by atoms with Crippen LogP contribution in [0.4, 0.5) is 0 Å². The van der Waals surface area contributed by atoms with Gasteiger partial charge in [0.25, 0.3) is 0 Å². The Morgan fingerprint density at radius 3 is 2.23 bits per heavy atom. The van der Waals surface area contributed by atoms with Crippen molar-refractivity contribution in [2.45, 2.75) is 30.6 Å². The summed E-state index contributed by atoms with van der Waals surface area (Å²) in [7, 11) is 0. The molecule has 0 unspecified atom stereocenters. The van der Waals surface area contributed by atoms with Gasteiger partial charge in [0.05, 0.1) is 12.6 Å². The second-order valence-corrected chi connectivity index (χ2v) is 2.81. The number of halogens is 1. The second kappa shape index (κ2) is 5.06. The quantitative estimate of drug-likeness (QED) is 0.297. The van der Waals surface area contributed by atoms with E-state index >= 15 is 0 Å². The molecular weight excluding hydrogens is 202 g/mol. The number of ether oxygens (including phenoxy) is 1. The zero-order valence-electron chi connectivity index (χ0n) is 7.75. The molecule has 0 aromatic rings. The van der Waals surface area contributed by atoms with Gasteiger partial charge >= 0.3 is 1.43 Å². The number of aliphatic hydroxyl groups is 4. The smallest absolute Gasteiger partial charge is 1.00 e. The van der Waals surface area contributed by atoms with Gasteiger partial charge in [0.2, 0.25) is 0 Å². The van der Waals surface area contributed by atoms with E-state index in [1.54, 1.807) is 0 Å². The van der Waals surface area contributed by atoms with Gasteiger partial charge in [0.1, 0.15) is 18.3 Å². The molecule has 1 heterocycles. The molecule has 0 saturated carbocycles. The maximum Gasteiger partial charge on any atom is 1.00 e. The highest BCUT2D eigenvalue weighted by Gasteiger charge is 2.41. The van der Waals surface area contributed by atoms with Crippen LogP contribution in [0.3, 0.4) is 0 Å². The SMILES string of the molecule is N[C@@H]1[C@@H](O)[C@H](O)[C@@H](CO)O[C@H]1O.[Cl-].[H+]. The summed E-state index contributed by atoms with van der Waals surface area (Å²) in [6, 6.07) is -1.04. The van der Waals surface area contributed by atoms with Crippen molar-refractivity contribution in [1.29, 1.82) is 0 Å². The van der Waals surface area contributed by atoms with Crippen LogP contribution in [-0.2, 0) is 4.74 Å². The Balaban J connectivity index is 0. The molecule has 1 fully saturated rings. The van der Waals surface area contributed by atoms with E-state index in [9.17, 15) is 10.2 Å². The minimum absolute atomic E-state index is 0. The van der Waals surface area contributed by atoms with Crippen LogP contribution < -0.4 is 18.1 Å². The highest BCUT2D eigenvalue weighted by Crippen LogP contribution is 2.17. The Morgan fingerprint density at radius 2 is 1.77 bits per heavy atom. The molecule has 13 heavy (non-hydrogen) atoms. The molecule has 0 amide bonds. The molecule has 0 aromatic carbocycles. The van der Waals surface area contributed by atoms with Crippen molar-refractivity contribution in [1.82, 2.24) is 0 Å². The standard InChI is InChI=1S/C6H13NO5.ClH/c7-3-5(10)4(9)2(1-8)12-6(3)11;/h2-6,8-11H,1,7H2;1H/t2-,3-,4-,5-,6-;/m1./s1. The summed E-state index contributed by atoms with van der Waals surface area (Å²) < 4.78 is 4.70. The maximum atomic E-state index is 9.20. The van der Waals surface area contributed by atoms with Crippen LogP contribution >= 0.6 is 0 Å². The predicted molar refractivity (Wildman–Crippen MR) is 39.1 cm³/mol. The number of hydrogen-bond donors (Lipinski definition) is 5. The van der Waals surface area contributed by atoms with E-state index in [2.05, 4.69) is 0 Å². The van der Waals surface area contributed by atoms with Gasteiger partial charge < -0.3 is 43.3 Å². The fraction of sp³-hybridized carbons (Fsp3) is 1.00. The molecule has 1 saturated heterocycles. The molecule has 6 N–H and O–H groups in total. The number of rotatable bonds is 1. The Kier molecular flexibility index (Phi) is 5.08. The molecule has 7 heteroatoms. The molecule has 0 radical (unpaired) electrons. The molecule has 80 valence electrons. The number of aliphatic hydroxyl groups excluding tert-OH is 4. The molecule has 0 aliphatic carbocycles. The summed E-state index contributed by atoms with van der Waals surface area (Å²) >= 11 is 0. The fourth-order valence-corrected chi connectivity index (χ4v) is 1.12. The Morgan fingerprint density at radius 1 is 1.23 bits per heavy atom. The summed E-state index contributed by atoms with van der Waals surface area (Å²) in [6.45, 7) is -0.470. The Hall–Kier alpha value is 0.0500. The largest absolute Gasteiger partial charge is 1.00 e. The van der Waals surface area contributed by atoms with Gasteiger partial charge in [-0.1, -0.05) is 0 Å². The minimum Gasteiger partial charge on any atom is -1.00 e. The van der Waals surface area contributed by atoms with Gasteiger partial charge in [-0.2, -0.15) is 0 Å². The summed E-state index contributed by atoms with van der Waals surface area (Å²) in [6.07, 6.45) is -4.85. The van der Waals surface area contributed by atoms with Crippen LogP contribution in [0, 0.1) is 0 Å². The van der Waals surface area contributed by atoms with Crippen molar-refractivity contribution in [3.05, 3.63) is 0 Å². The lowest BCUT2D eigenvalue weighted by Crippen LogP contribution is -3.00. The van der Waals surface area contributed by atoms with Crippen molar-refractivity contribution < 1.29 is 39.0 Å². The van der Waals surface area contributed by atoms with E-state index < -0.39 is 37.3 Å². The summed E-state index contributed by atoms with van der Waals surface area (Å²) in [4.78, 5) is 0. The third-order valence-electron chi connectivity index (χ3n) is 1.95. The summed E-state index contributed by atoms with van der Waals surface area (Å²) in [5.41, 5.74) is 5.26. The number of hydrogen-bond acceptors (Lipinski definition) is 6. The molecule has 0 aromatic heterocycles. The molecule has 0 spiro atoms. The van der Waals surface area contributed by atoms with Gasteiger partial charge in [0.15, 0.2) is 6.29 Å². The van der Waals surface area contributed by atoms with Crippen LogP contribution in [-0.4, -0.2) is 57.7 Å².